The van der Waals surface area contributed by atoms with Gasteiger partial charge in [-0.2, -0.15) is 12.6 Å². The highest BCUT2D eigenvalue weighted by atomic mass is 32.1. The van der Waals surface area contributed by atoms with Gasteiger partial charge in [-0.05, 0) is 18.3 Å². The molecule has 2 rings (SSSR count). The first kappa shape index (κ1) is 15.7. The summed E-state index contributed by atoms with van der Waals surface area (Å²) in [7, 11) is 0. The zero-order chi connectivity index (χ0) is 14.7. The van der Waals surface area contributed by atoms with E-state index in [0.717, 1.165) is 0 Å². The molecule has 3 unspecified atom stereocenters. The van der Waals surface area contributed by atoms with Crippen molar-refractivity contribution in [1.29, 1.82) is 0 Å². The first-order valence-electron chi connectivity index (χ1n) is 7.68. The second kappa shape index (κ2) is 6.83. The SMILES string of the molecule is CC(CS)C(=O)N1CC(C2CCCCC2)CC1C(=O)O. The van der Waals surface area contributed by atoms with Gasteiger partial charge in [0.2, 0.25) is 5.91 Å². The van der Waals surface area contributed by atoms with Crippen LogP contribution in [-0.2, 0) is 9.59 Å². The molecule has 0 radical (unpaired) electrons. The predicted octanol–water partition coefficient (Wildman–Crippen LogP) is 2.43. The van der Waals surface area contributed by atoms with E-state index in [0.29, 0.717) is 30.6 Å². The van der Waals surface area contributed by atoms with Crippen LogP contribution in [0.25, 0.3) is 0 Å². The number of likely N-dealkylation sites (tertiary alicyclic amines) is 1. The summed E-state index contributed by atoms with van der Waals surface area (Å²) in [5, 5.41) is 9.39. The normalized spacial score (nSPS) is 29.4. The molecule has 20 heavy (non-hydrogen) atoms. The zero-order valence-corrected chi connectivity index (χ0v) is 13.0. The Labute approximate surface area is 126 Å². The smallest absolute Gasteiger partial charge is 0.326 e. The molecule has 0 spiro atoms. The quantitative estimate of drug-likeness (QED) is 0.784. The summed E-state index contributed by atoms with van der Waals surface area (Å²) >= 11 is 4.16. The van der Waals surface area contributed by atoms with Crippen LogP contribution < -0.4 is 0 Å². The number of thiol groups is 1. The molecule has 1 saturated heterocycles. The molecule has 1 N–H and O–H groups in total. The number of carbonyl (C=O) groups excluding carboxylic acids is 1. The lowest BCUT2D eigenvalue weighted by molar-refractivity contribution is -0.149. The van der Waals surface area contributed by atoms with E-state index in [9.17, 15) is 14.7 Å². The van der Waals surface area contributed by atoms with Crippen molar-refractivity contribution in [1.82, 2.24) is 4.90 Å². The van der Waals surface area contributed by atoms with E-state index in [1.54, 1.807) is 4.90 Å². The molecule has 0 aromatic rings. The topological polar surface area (TPSA) is 57.6 Å². The van der Waals surface area contributed by atoms with E-state index in [1.807, 2.05) is 6.92 Å². The Balaban J connectivity index is 2.06. The molecule has 1 amide bonds. The van der Waals surface area contributed by atoms with Gasteiger partial charge in [-0.15, -0.1) is 0 Å². The number of hydrogen-bond donors (Lipinski definition) is 2. The Morgan fingerprint density at radius 1 is 1.25 bits per heavy atom. The number of hydrogen-bond acceptors (Lipinski definition) is 3. The van der Waals surface area contributed by atoms with Gasteiger partial charge in [-0.25, -0.2) is 4.79 Å². The van der Waals surface area contributed by atoms with Crippen LogP contribution in [0.15, 0.2) is 0 Å². The first-order valence-corrected chi connectivity index (χ1v) is 8.32. The van der Waals surface area contributed by atoms with Crippen LogP contribution in [0.3, 0.4) is 0 Å². The van der Waals surface area contributed by atoms with Crippen LogP contribution in [-0.4, -0.2) is 40.2 Å². The van der Waals surface area contributed by atoms with Gasteiger partial charge in [0.1, 0.15) is 6.04 Å². The average Bonchev–Trinajstić information content (AvgIpc) is 2.92. The number of aliphatic carboxylic acids is 1. The fraction of sp³-hybridized carbons (Fsp3) is 0.867. The summed E-state index contributed by atoms with van der Waals surface area (Å²) in [6.07, 6.45) is 6.82. The number of carboxylic acids is 1. The van der Waals surface area contributed by atoms with Gasteiger partial charge in [0.25, 0.3) is 0 Å². The largest absolute Gasteiger partial charge is 0.480 e. The second-order valence-electron chi connectivity index (χ2n) is 6.32. The number of amides is 1. The Kier molecular flexibility index (Phi) is 5.35. The van der Waals surface area contributed by atoms with Crippen molar-refractivity contribution >= 4 is 24.5 Å². The summed E-state index contributed by atoms with van der Waals surface area (Å²) in [6.45, 7) is 2.45. The summed E-state index contributed by atoms with van der Waals surface area (Å²) in [5.41, 5.74) is 0. The maximum atomic E-state index is 12.3. The fourth-order valence-electron chi connectivity index (χ4n) is 3.65. The lowest BCUT2D eigenvalue weighted by Crippen LogP contribution is -2.43. The van der Waals surface area contributed by atoms with E-state index in [2.05, 4.69) is 12.6 Å². The third-order valence-electron chi connectivity index (χ3n) is 4.91. The van der Waals surface area contributed by atoms with Gasteiger partial charge >= 0.3 is 5.97 Å². The number of carbonyl (C=O) groups is 2. The van der Waals surface area contributed by atoms with Gasteiger partial charge in [-0.1, -0.05) is 39.0 Å². The molecular weight excluding hydrogens is 274 g/mol. The lowest BCUT2D eigenvalue weighted by Gasteiger charge is -2.28. The lowest BCUT2D eigenvalue weighted by atomic mass is 9.79. The molecular formula is C15H25NO3S. The van der Waals surface area contributed by atoms with Crippen molar-refractivity contribution in [3.05, 3.63) is 0 Å². The summed E-state index contributed by atoms with van der Waals surface area (Å²) in [4.78, 5) is 25.4. The van der Waals surface area contributed by atoms with E-state index in [4.69, 9.17) is 0 Å². The predicted molar refractivity (Wildman–Crippen MR) is 80.8 cm³/mol. The highest BCUT2D eigenvalue weighted by Gasteiger charge is 2.43. The summed E-state index contributed by atoms with van der Waals surface area (Å²) < 4.78 is 0. The molecule has 1 aliphatic heterocycles. The molecule has 2 fully saturated rings. The number of carboxylic acid groups (broad SMARTS) is 1. The Morgan fingerprint density at radius 3 is 2.45 bits per heavy atom. The second-order valence-corrected chi connectivity index (χ2v) is 6.69. The Bertz CT molecular complexity index is 368. The minimum absolute atomic E-state index is 0.0503. The van der Waals surface area contributed by atoms with E-state index < -0.39 is 12.0 Å². The van der Waals surface area contributed by atoms with Gasteiger partial charge in [0.15, 0.2) is 0 Å². The molecule has 5 heteroatoms. The van der Waals surface area contributed by atoms with Crippen molar-refractivity contribution in [2.45, 2.75) is 51.5 Å². The standard InChI is InChI=1S/C15H25NO3S/c1-10(9-20)14(17)16-8-12(7-13(16)15(18)19)11-5-3-2-4-6-11/h10-13,20H,2-9H2,1H3,(H,18,19). The fourth-order valence-corrected chi connectivity index (χ4v) is 3.81. The van der Waals surface area contributed by atoms with Gasteiger partial charge in [-0.3, -0.25) is 4.79 Å². The van der Waals surface area contributed by atoms with E-state index in [-0.39, 0.29) is 11.8 Å². The van der Waals surface area contributed by atoms with Gasteiger partial charge in [0, 0.05) is 18.2 Å². The molecule has 0 aromatic heterocycles. The Hall–Kier alpha value is -0.710. The molecule has 114 valence electrons. The number of rotatable bonds is 4. The van der Waals surface area contributed by atoms with Gasteiger partial charge in [0.05, 0.1) is 0 Å². The van der Waals surface area contributed by atoms with E-state index >= 15 is 0 Å². The molecule has 3 atom stereocenters. The van der Waals surface area contributed by atoms with Crippen molar-refractivity contribution < 1.29 is 14.7 Å². The molecule has 1 heterocycles. The average molecular weight is 299 g/mol. The van der Waals surface area contributed by atoms with Crippen LogP contribution in [0.1, 0.15) is 45.4 Å². The Morgan fingerprint density at radius 2 is 1.90 bits per heavy atom. The molecule has 2 aliphatic rings. The van der Waals surface area contributed by atoms with Crippen LogP contribution in [0.2, 0.25) is 0 Å². The molecule has 1 aliphatic carbocycles. The zero-order valence-electron chi connectivity index (χ0n) is 12.1. The van der Waals surface area contributed by atoms with Crippen molar-refractivity contribution in [3.63, 3.8) is 0 Å². The van der Waals surface area contributed by atoms with Crippen molar-refractivity contribution in [3.8, 4) is 0 Å². The maximum Gasteiger partial charge on any atom is 0.326 e. The molecule has 0 aromatic carbocycles. The van der Waals surface area contributed by atoms with Crippen molar-refractivity contribution in [2.24, 2.45) is 17.8 Å². The third-order valence-corrected chi connectivity index (χ3v) is 5.46. The third kappa shape index (κ3) is 3.30. The highest BCUT2D eigenvalue weighted by molar-refractivity contribution is 7.80. The number of nitrogens with zero attached hydrogens (tertiary/aromatic N) is 1. The van der Waals surface area contributed by atoms with Crippen molar-refractivity contribution in [2.75, 3.05) is 12.3 Å². The summed E-state index contributed by atoms with van der Waals surface area (Å²) in [6, 6.07) is -0.628. The van der Waals surface area contributed by atoms with Crippen LogP contribution in [0.4, 0.5) is 0 Å². The minimum Gasteiger partial charge on any atom is -0.480 e. The molecule has 4 nitrogen and oxygen atoms in total. The van der Waals surface area contributed by atoms with Crippen LogP contribution in [0, 0.1) is 17.8 Å². The van der Waals surface area contributed by atoms with Gasteiger partial charge < -0.3 is 10.0 Å². The van der Waals surface area contributed by atoms with Crippen LogP contribution in [0.5, 0.6) is 0 Å². The maximum absolute atomic E-state index is 12.3. The highest BCUT2D eigenvalue weighted by Crippen LogP contribution is 2.38. The minimum atomic E-state index is -0.858. The van der Waals surface area contributed by atoms with E-state index in [1.165, 1.54) is 32.1 Å². The monoisotopic (exact) mass is 299 g/mol. The molecule has 1 saturated carbocycles. The molecule has 0 bridgehead atoms. The first-order chi connectivity index (χ1) is 9.54. The van der Waals surface area contributed by atoms with Crippen LogP contribution >= 0.6 is 12.6 Å². The summed E-state index contributed by atoms with van der Waals surface area (Å²) in [5.74, 6) is 0.330.